The van der Waals surface area contributed by atoms with E-state index in [0.29, 0.717) is 0 Å². The van der Waals surface area contributed by atoms with Gasteiger partial charge in [0.1, 0.15) is 6.10 Å². The molecule has 18 heavy (non-hydrogen) atoms. The zero-order valence-corrected chi connectivity index (χ0v) is 10.5. The highest BCUT2D eigenvalue weighted by molar-refractivity contribution is 5.94. The summed E-state index contributed by atoms with van der Waals surface area (Å²) in [5.74, 6) is -0.0229. The fourth-order valence-electron chi connectivity index (χ4n) is 2.60. The molecule has 4 nitrogen and oxygen atoms in total. The van der Waals surface area contributed by atoms with E-state index in [1.54, 1.807) is 0 Å². The Morgan fingerprint density at radius 1 is 1.44 bits per heavy atom. The van der Waals surface area contributed by atoms with E-state index in [-0.39, 0.29) is 18.1 Å². The monoisotopic (exact) mass is 246 g/mol. The number of carbonyl (C=O) groups is 1. The molecule has 3 rings (SSSR count). The van der Waals surface area contributed by atoms with Crippen LogP contribution in [0.5, 0.6) is 0 Å². The Morgan fingerprint density at radius 2 is 2.33 bits per heavy atom. The molecule has 0 bridgehead atoms. The zero-order valence-electron chi connectivity index (χ0n) is 10.5. The lowest BCUT2D eigenvalue weighted by atomic mass is 10.1. The molecule has 1 aromatic carbocycles. The summed E-state index contributed by atoms with van der Waals surface area (Å²) >= 11 is 0. The third-order valence-electron chi connectivity index (χ3n) is 3.61. The van der Waals surface area contributed by atoms with Gasteiger partial charge in [-0.2, -0.15) is 0 Å². The molecule has 2 aliphatic heterocycles. The SMILES string of the molecule is CC1CCC(C(=O)Nc2ccc3c(c2)CCN3)O1. The number of benzene rings is 1. The van der Waals surface area contributed by atoms with Gasteiger partial charge in [0.15, 0.2) is 0 Å². The number of fused-ring (bicyclic) bond motifs is 1. The van der Waals surface area contributed by atoms with Crippen molar-refractivity contribution in [2.75, 3.05) is 17.2 Å². The number of amides is 1. The van der Waals surface area contributed by atoms with Gasteiger partial charge in [-0.25, -0.2) is 0 Å². The third-order valence-corrected chi connectivity index (χ3v) is 3.61. The lowest BCUT2D eigenvalue weighted by Gasteiger charge is -2.12. The van der Waals surface area contributed by atoms with Crippen LogP contribution in [0.25, 0.3) is 0 Å². The summed E-state index contributed by atoms with van der Waals surface area (Å²) in [6.45, 7) is 2.99. The van der Waals surface area contributed by atoms with Crippen LogP contribution >= 0.6 is 0 Å². The molecule has 2 aliphatic rings. The number of hydrogen-bond donors (Lipinski definition) is 2. The number of carbonyl (C=O) groups excluding carboxylic acids is 1. The Bertz CT molecular complexity index is 473. The molecule has 0 radical (unpaired) electrons. The van der Waals surface area contributed by atoms with Crippen LogP contribution < -0.4 is 10.6 Å². The molecule has 2 unspecified atom stereocenters. The van der Waals surface area contributed by atoms with Crippen LogP contribution in [0.3, 0.4) is 0 Å². The van der Waals surface area contributed by atoms with Gasteiger partial charge < -0.3 is 15.4 Å². The highest BCUT2D eigenvalue weighted by Crippen LogP contribution is 2.26. The minimum absolute atomic E-state index is 0.0229. The van der Waals surface area contributed by atoms with Gasteiger partial charge in [0, 0.05) is 17.9 Å². The van der Waals surface area contributed by atoms with E-state index in [0.717, 1.165) is 31.5 Å². The fourth-order valence-corrected chi connectivity index (χ4v) is 2.60. The van der Waals surface area contributed by atoms with E-state index < -0.39 is 0 Å². The molecular weight excluding hydrogens is 228 g/mol. The first-order chi connectivity index (χ1) is 8.72. The summed E-state index contributed by atoms with van der Waals surface area (Å²) in [7, 11) is 0. The van der Waals surface area contributed by atoms with Crippen LogP contribution in [0.4, 0.5) is 11.4 Å². The van der Waals surface area contributed by atoms with Gasteiger partial charge in [-0.3, -0.25) is 4.79 Å². The molecule has 1 saturated heterocycles. The summed E-state index contributed by atoms with van der Waals surface area (Å²) in [4.78, 5) is 12.0. The molecule has 0 spiro atoms. The van der Waals surface area contributed by atoms with E-state index in [1.807, 2.05) is 25.1 Å². The van der Waals surface area contributed by atoms with Crippen LogP contribution in [0, 0.1) is 0 Å². The van der Waals surface area contributed by atoms with Crippen molar-refractivity contribution in [3.8, 4) is 0 Å². The molecule has 2 atom stereocenters. The van der Waals surface area contributed by atoms with Gasteiger partial charge in [-0.05, 0) is 49.9 Å². The van der Waals surface area contributed by atoms with Gasteiger partial charge in [0.25, 0.3) is 5.91 Å². The number of nitrogens with one attached hydrogen (secondary N) is 2. The largest absolute Gasteiger partial charge is 0.384 e. The molecular formula is C14H18N2O2. The van der Waals surface area contributed by atoms with Crippen LogP contribution in [0.2, 0.25) is 0 Å². The maximum absolute atomic E-state index is 12.0. The van der Waals surface area contributed by atoms with Crippen LogP contribution in [0.15, 0.2) is 18.2 Å². The quantitative estimate of drug-likeness (QED) is 0.840. The molecule has 0 aromatic heterocycles. The van der Waals surface area contributed by atoms with E-state index in [2.05, 4.69) is 10.6 Å². The second-order valence-corrected chi connectivity index (χ2v) is 5.05. The summed E-state index contributed by atoms with van der Waals surface area (Å²) in [6, 6.07) is 6.01. The first-order valence-corrected chi connectivity index (χ1v) is 6.55. The summed E-state index contributed by atoms with van der Waals surface area (Å²) in [5, 5.41) is 6.25. The summed E-state index contributed by atoms with van der Waals surface area (Å²) in [6.07, 6.45) is 2.72. The molecule has 1 aromatic rings. The van der Waals surface area contributed by atoms with Gasteiger partial charge in [0.2, 0.25) is 0 Å². The van der Waals surface area contributed by atoms with Crippen molar-refractivity contribution in [2.45, 2.75) is 38.4 Å². The number of rotatable bonds is 2. The van der Waals surface area contributed by atoms with E-state index in [9.17, 15) is 4.79 Å². The van der Waals surface area contributed by atoms with Crippen molar-refractivity contribution in [1.29, 1.82) is 0 Å². The second kappa shape index (κ2) is 4.61. The maximum Gasteiger partial charge on any atom is 0.253 e. The molecule has 4 heteroatoms. The topological polar surface area (TPSA) is 50.4 Å². The van der Waals surface area contributed by atoms with Gasteiger partial charge in [-0.1, -0.05) is 0 Å². The highest BCUT2D eigenvalue weighted by Gasteiger charge is 2.28. The van der Waals surface area contributed by atoms with E-state index >= 15 is 0 Å². The molecule has 1 amide bonds. The van der Waals surface area contributed by atoms with E-state index in [4.69, 9.17) is 4.74 Å². The average Bonchev–Trinajstić information content (AvgIpc) is 2.96. The van der Waals surface area contributed by atoms with Crippen molar-refractivity contribution in [1.82, 2.24) is 0 Å². The Kier molecular flexibility index (Phi) is 2.96. The maximum atomic E-state index is 12.0. The van der Waals surface area contributed by atoms with Gasteiger partial charge in [-0.15, -0.1) is 0 Å². The number of anilines is 2. The highest BCUT2D eigenvalue weighted by atomic mass is 16.5. The fraction of sp³-hybridized carbons (Fsp3) is 0.500. The summed E-state index contributed by atoms with van der Waals surface area (Å²) in [5.41, 5.74) is 3.32. The van der Waals surface area contributed by atoms with Crippen molar-refractivity contribution >= 4 is 17.3 Å². The lowest BCUT2D eigenvalue weighted by Crippen LogP contribution is -2.27. The number of hydrogen-bond acceptors (Lipinski definition) is 3. The van der Waals surface area contributed by atoms with Crippen molar-refractivity contribution in [3.05, 3.63) is 23.8 Å². The normalized spacial score (nSPS) is 25.6. The van der Waals surface area contributed by atoms with Crippen LogP contribution in [-0.2, 0) is 16.0 Å². The lowest BCUT2D eigenvalue weighted by molar-refractivity contribution is -0.126. The standard InChI is InChI=1S/C14H18N2O2/c1-9-2-5-13(18-9)14(17)16-11-3-4-12-10(8-11)6-7-15-12/h3-4,8-9,13,15H,2,5-7H2,1H3,(H,16,17). The predicted octanol–water partition coefficient (Wildman–Crippen LogP) is 2.16. The van der Waals surface area contributed by atoms with Crippen molar-refractivity contribution in [3.63, 3.8) is 0 Å². The predicted molar refractivity (Wildman–Crippen MR) is 70.8 cm³/mol. The Morgan fingerprint density at radius 3 is 3.11 bits per heavy atom. The molecule has 1 fully saturated rings. The van der Waals surface area contributed by atoms with Gasteiger partial charge >= 0.3 is 0 Å². The van der Waals surface area contributed by atoms with E-state index in [1.165, 1.54) is 11.3 Å². The first kappa shape index (κ1) is 11.5. The second-order valence-electron chi connectivity index (χ2n) is 5.05. The minimum Gasteiger partial charge on any atom is -0.384 e. The Hall–Kier alpha value is -1.55. The van der Waals surface area contributed by atoms with Crippen molar-refractivity contribution in [2.24, 2.45) is 0 Å². The van der Waals surface area contributed by atoms with Crippen molar-refractivity contribution < 1.29 is 9.53 Å². The third kappa shape index (κ3) is 2.20. The molecule has 96 valence electrons. The number of ether oxygens (including phenoxy) is 1. The summed E-state index contributed by atoms with van der Waals surface area (Å²) < 4.78 is 5.56. The zero-order chi connectivity index (χ0) is 12.5. The van der Waals surface area contributed by atoms with Crippen LogP contribution in [0.1, 0.15) is 25.3 Å². The smallest absolute Gasteiger partial charge is 0.253 e. The molecule has 0 saturated carbocycles. The molecule has 2 N–H and O–H groups in total. The minimum atomic E-state index is -0.286. The average molecular weight is 246 g/mol. The van der Waals surface area contributed by atoms with Crippen LogP contribution in [-0.4, -0.2) is 24.7 Å². The Balaban J connectivity index is 1.67. The first-order valence-electron chi connectivity index (χ1n) is 6.55. The molecule has 0 aliphatic carbocycles. The van der Waals surface area contributed by atoms with Gasteiger partial charge in [0.05, 0.1) is 6.10 Å². The molecule has 2 heterocycles. The Labute approximate surface area is 107 Å².